The third kappa shape index (κ3) is 4.28. The predicted octanol–water partition coefficient (Wildman–Crippen LogP) is 4.71. The molecule has 5 heteroatoms. The minimum Gasteiger partial charge on any atom is -0.305 e. The SMILES string of the molecule is CCc1ccc(C(=O)Nc2cc(C)n(Cc3ccc(Cl)cc3)n2)cc1. The van der Waals surface area contributed by atoms with Gasteiger partial charge in [-0.1, -0.05) is 42.8 Å². The summed E-state index contributed by atoms with van der Waals surface area (Å²) in [6.07, 6.45) is 0.955. The lowest BCUT2D eigenvalue weighted by atomic mass is 10.1. The lowest BCUT2D eigenvalue weighted by molar-refractivity contribution is 0.102. The van der Waals surface area contributed by atoms with Crippen molar-refractivity contribution in [2.24, 2.45) is 0 Å². The van der Waals surface area contributed by atoms with Gasteiger partial charge in [0.2, 0.25) is 0 Å². The molecule has 0 fully saturated rings. The summed E-state index contributed by atoms with van der Waals surface area (Å²) in [5.41, 5.74) is 3.91. The van der Waals surface area contributed by atoms with E-state index in [1.165, 1.54) is 5.56 Å². The molecule has 0 saturated carbocycles. The van der Waals surface area contributed by atoms with Crippen molar-refractivity contribution in [1.82, 2.24) is 9.78 Å². The van der Waals surface area contributed by atoms with Crippen LogP contribution in [0.1, 0.15) is 34.1 Å². The molecule has 2 aromatic carbocycles. The highest BCUT2D eigenvalue weighted by atomic mass is 35.5. The molecule has 1 N–H and O–H groups in total. The Morgan fingerprint density at radius 2 is 1.72 bits per heavy atom. The van der Waals surface area contributed by atoms with Crippen molar-refractivity contribution in [2.75, 3.05) is 5.32 Å². The van der Waals surface area contributed by atoms with E-state index in [9.17, 15) is 4.79 Å². The van der Waals surface area contributed by atoms with Crippen LogP contribution < -0.4 is 5.32 Å². The molecule has 25 heavy (non-hydrogen) atoms. The summed E-state index contributed by atoms with van der Waals surface area (Å²) < 4.78 is 1.86. The summed E-state index contributed by atoms with van der Waals surface area (Å²) in [6, 6.07) is 17.1. The van der Waals surface area contributed by atoms with Gasteiger partial charge in [-0.3, -0.25) is 9.48 Å². The van der Waals surface area contributed by atoms with Crippen LogP contribution in [0.3, 0.4) is 0 Å². The van der Waals surface area contributed by atoms with E-state index >= 15 is 0 Å². The van der Waals surface area contributed by atoms with Crippen LogP contribution in [0.5, 0.6) is 0 Å². The third-order valence-corrected chi connectivity index (χ3v) is 4.34. The van der Waals surface area contributed by atoms with E-state index in [1.807, 2.05) is 66.2 Å². The number of nitrogens with one attached hydrogen (secondary N) is 1. The molecule has 0 saturated heterocycles. The monoisotopic (exact) mass is 353 g/mol. The number of benzene rings is 2. The number of amides is 1. The van der Waals surface area contributed by atoms with Crippen LogP contribution in [0.15, 0.2) is 54.6 Å². The van der Waals surface area contributed by atoms with Crippen LogP contribution in [0.25, 0.3) is 0 Å². The topological polar surface area (TPSA) is 46.9 Å². The molecule has 0 atom stereocenters. The minimum absolute atomic E-state index is 0.154. The summed E-state index contributed by atoms with van der Waals surface area (Å²) in [6.45, 7) is 4.68. The van der Waals surface area contributed by atoms with E-state index in [4.69, 9.17) is 11.6 Å². The molecule has 0 spiro atoms. The number of aryl methyl sites for hydroxylation is 2. The van der Waals surface area contributed by atoms with Crippen LogP contribution in [-0.2, 0) is 13.0 Å². The van der Waals surface area contributed by atoms with Crippen LogP contribution in [0.4, 0.5) is 5.82 Å². The number of nitrogens with zero attached hydrogens (tertiary/aromatic N) is 2. The van der Waals surface area contributed by atoms with E-state index in [-0.39, 0.29) is 5.91 Å². The van der Waals surface area contributed by atoms with Crippen molar-refractivity contribution in [2.45, 2.75) is 26.8 Å². The zero-order valence-corrected chi connectivity index (χ0v) is 15.0. The normalized spacial score (nSPS) is 10.7. The number of carbonyl (C=O) groups excluding carboxylic acids is 1. The smallest absolute Gasteiger partial charge is 0.256 e. The number of aromatic nitrogens is 2. The summed E-state index contributed by atoms with van der Waals surface area (Å²) in [7, 11) is 0. The maximum absolute atomic E-state index is 12.4. The van der Waals surface area contributed by atoms with Gasteiger partial charge in [-0.25, -0.2) is 0 Å². The fourth-order valence-electron chi connectivity index (χ4n) is 2.57. The van der Waals surface area contributed by atoms with Crippen LogP contribution >= 0.6 is 11.6 Å². The van der Waals surface area contributed by atoms with E-state index in [2.05, 4.69) is 17.3 Å². The van der Waals surface area contributed by atoms with Gasteiger partial charge in [0, 0.05) is 22.3 Å². The molecule has 0 unspecified atom stereocenters. The van der Waals surface area contributed by atoms with Crippen molar-refractivity contribution >= 4 is 23.3 Å². The first-order valence-electron chi connectivity index (χ1n) is 8.24. The highest BCUT2D eigenvalue weighted by Crippen LogP contribution is 2.15. The Hall–Kier alpha value is -2.59. The molecule has 4 nitrogen and oxygen atoms in total. The molecule has 3 rings (SSSR count). The number of hydrogen-bond donors (Lipinski definition) is 1. The van der Waals surface area contributed by atoms with E-state index in [0.29, 0.717) is 22.9 Å². The van der Waals surface area contributed by atoms with Gasteiger partial charge in [-0.05, 0) is 48.7 Å². The molecule has 0 aliphatic heterocycles. The molecular formula is C20H20ClN3O. The molecule has 3 aromatic rings. The number of carbonyl (C=O) groups is 1. The summed E-state index contributed by atoms with van der Waals surface area (Å²) in [5.74, 6) is 0.398. The Labute approximate surface area is 152 Å². The van der Waals surface area contributed by atoms with Crippen molar-refractivity contribution in [3.8, 4) is 0 Å². The van der Waals surface area contributed by atoms with Gasteiger partial charge in [0.1, 0.15) is 0 Å². The van der Waals surface area contributed by atoms with Crippen molar-refractivity contribution in [3.05, 3.63) is 82.0 Å². The van der Waals surface area contributed by atoms with E-state index in [0.717, 1.165) is 17.7 Å². The van der Waals surface area contributed by atoms with Gasteiger partial charge < -0.3 is 5.32 Å². The van der Waals surface area contributed by atoms with Crippen molar-refractivity contribution < 1.29 is 4.79 Å². The zero-order valence-electron chi connectivity index (χ0n) is 14.3. The summed E-state index contributed by atoms with van der Waals surface area (Å²) >= 11 is 5.91. The first-order valence-corrected chi connectivity index (χ1v) is 8.62. The molecule has 1 amide bonds. The van der Waals surface area contributed by atoms with Crippen LogP contribution in [0.2, 0.25) is 5.02 Å². The maximum atomic E-state index is 12.4. The Morgan fingerprint density at radius 1 is 1.08 bits per heavy atom. The number of anilines is 1. The quantitative estimate of drug-likeness (QED) is 0.722. The van der Waals surface area contributed by atoms with Crippen LogP contribution in [-0.4, -0.2) is 15.7 Å². The van der Waals surface area contributed by atoms with Gasteiger partial charge in [-0.15, -0.1) is 0 Å². The molecule has 0 aliphatic rings. The second-order valence-electron chi connectivity index (χ2n) is 5.96. The second-order valence-corrected chi connectivity index (χ2v) is 6.40. The standard InChI is InChI=1S/C20H20ClN3O/c1-3-15-4-8-17(9-5-15)20(25)22-19-12-14(2)24(23-19)13-16-6-10-18(21)11-7-16/h4-12H,3,13H2,1-2H3,(H,22,23,25). The number of hydrogen-bond acceptors (Lipinski definition) is 2. The number of halogens is 1. The van der Waals surface area contributed by atoms with Gasteiger partial charge in [0.05, 0.1) is 6.54 Å². The fourth-order valence-corrected chi connectivity index (χ4v) is 2.70. The lowest BCUT2D eigenvalue weighted by Crippen LogP contribution is -2.13. The maximum Gasteiger partial charge on any atom is 0.256 e. The largest absolute Gasteiger partial charge is 0.305 e. The molecule has 0 aliphatic carbocycles. The van der Waals surface area contributed by atoms with Crippen molar-refractivity contribution in [1.29, 1.82) is 0 Å². The highest BCUT2D eigenvalue weighted by molar-refractivity contribution is 6.30. The molecule has 128 valence electrons. The van der Waals surface area contributed by atoms with Crippen LogP contribution in [0, 0.1) is 6.92 Å². The van der Waals surface area contributed by atoms with Gasteiger partial charge in [0.25, 0.3) is 5.91 Å². The summed E-state index contributed by atoms with van der Waals surface area (Å²) in [4.78, 5) is 12.4. The minimum atomic E-state index is -0.154. The summed E-state index contributed by atoms with van der Waals surface area (Å²) in [5, 5.41) is 8.05. The Bertz CT molecular complexity index is 867. The van der Waals surface area contributed by atoms with Crippen molar-refractivity contribution in [3.63, 3.8) is 0 Å². The van der Waals surface area contributed by atoms with Gasteiger partial charge >= 0.3 is 0 Å². The molecule has 1 heterocycles. The Morgan fingerprint density at radius 3 is 2.36 bits per heavy atom. The average molecular weight is 354 g/mol. The molecule has 1 aromatic heterocycles. The second kappa shape index (κ2) is 7.53. The third-order valence-electron chi connectivity index (χ3n) is 4.09. The molecule has 0 bridgehead atoms. The van der Waals surface area contributed by atoms with Gasteiger partial charge in [-0.2, -0.15) is 5.10 Å². The first kappa shape index (κ1) is 17.2. The lowest BCUT2D eigenvalue weighted by Gasteiger charge is -2.05. The number of rotatable bonds is 5. The Kier molecular flexibility index (Phi) is 5.19. The zero-order chi connectivity index (χ0) is 17.8. The Balaban J connectivity index is 1.70. The molecular weight excluding hydrogens is 334 g/mol. The molecule has 0 radical (unpaired) electrons. The van der Waals surface area contributed by atoms with E-state index in [1.54, 1.807) is 0 Å². The van der Waals surface area contributed by atoms with E-state index < -0.39 is 0 Å². The average Bonchev–Trinajstić information content (AvgIpc) is 2.96. The first-order chi connectivity index (χ1) is 12.0. The van der Waals surface area contributed by atoms with Gasteiger partial charge in [0.15, 0.2) is 5.82 Å². The fraction of sp³-hybridized carbons (Fsp3) is 0.200. The predicted molar refractivity (Wildman–Crippen MR) is 101 cm³/mol. The highest BCUT2D eigenvalue weighted by Gasteiger charge is 2.10.